The number of hydrogen-bond acceptors (Lipinski definition) is 3. The minimum Gasteiger partial charge on any atom is -0.497 e. The molecule has 1 aromatic rings. The number of rotatable bonds is 7. The Kier molecular flexibility index (Phi) is 6.40. The largest absolute Gasteiger partial charge is 0.497 e. The van der Waals surface area contributed by atoms with Crippen LogP contribution in [0.25, 0.3) is 0 Å². The van der Waals surface area contributed by atoms with Crippen LogP contribution in [-0.2, 0) is 16.0 Å². The van der Waals surface area contributed by atoms with Crippen LogP contribution in [0, 0.1) is 5.92 Å². The van der Waals surface area contributed by atoms with Crippen molar-refractivity contribution in [1.82, 2.24) is 0 Å². The topological polar surface area (TPSA) is 35.5 Å². The second-order valence-electron chi connectivity index (χ2n) is 5.15. The highest BCUT2D eigenvalue weighted by atomic mass is 16.5. The van der Waals surface area contributed by atoms with Crippen LogP contribution < -0.4 is 4.74 Å². The highest BCUT2D eigenvalue weighted by molar-refractivity contribution is 5.69. The van der Waals surface area contributed by atoms with E-state index in [1.165, 1.54) is 0 Å². The van der Waals surface area contributed by atoms with Gasteiger partial charge in [0.1, 0.15) is 11.9 Å². The van der Waals surface area contributed by atoms with E-state index in [0.717, 1.165) is 24.2 Å². The third-order valence-electron chi connectivity index (χ3n) is 2.92. The summed E-state index contributed by atoms with van der Waals surface area (Å²) in [5.74, 6) is 1.21. The highest BCUT2D eigenvalue weighted by Crippen LogP contribution is 2.18. The van der Waals surface area contributed by atoms with Crippen molar-refractivity contribution in [2.75, 3.05) is 7.11 Å². The van der Waals surface area contributed by atoms with Crippen LogP contribution >= 0.6 is 0 Å². The van der Waals surface area contributed by atoms with Gasteiger partial charge < -0.3 is 9.47 Å². The van der Waals surface area contributed by atoms with Crippen LogP contribution in [0.2, 0.25) is 0 Å². The van der Waals surface area contributed by atoms with Crippen molar-refractivity contribution in [3.63, 3.8) is 0 Å². The SMILES string of the molecule is CCC(=O)OC(Cc1cccc(OC)c1)CC(C)C. The van der Waals surface area contributed by atoms with Gasteiger partial charge in [-0.3, -0.25) is 4.79 Å². The predicted octanol–water partition coefficient (Wildman–Crippen LogP) is 3.61. The van der Waals surface area contributed by atoms with Crippen LogP contribution in [0.15, 0.2) is 24.3 Å². The lowest BCUT2D eigenvalue weighted by Crippen LogP contribution is -2.22. The maximum absolute atomic E-state index is 11.5. The van der Waals surface area contributed by atoms with Gasteiger partial charge in [0.25, 0.3) is 0 Å². The molecule has 0 bridgehead atoms. The quantitative estimate of drug-likeness (QED) is 0.706. The first-order valence-corrected chi connectivity index (χ1v) is 6.87. The molecule has 0 aliphatic carbocycles. The molecule has 1 unspecified atom stereocenters. The number of esters is 1. The molecule has 106 valence electrons. The molecule has 1 atom stereocenters. The third kappa shape index (κ3) is 5.77. The summed E-state index contributed by atoms with van der Waals surface area (Å²) in [7, 11) is 1.65. The number of carbonyl (C=O) groups is 1. The highest BCUT2D eigenvalue weighted by Gasteiger charge is 2.16. The lowest BCUT2D eigenvalue weighted by Gasteiger charge is -2.20. The molecule has 3 heteroatoms. The Balaban J connectivity index is 2.71. The van der Waals surface area contributed by atoms with Crippen LogP contribution in [0.4, 0.5) is 0 Å². The monoisotopic (exact) mass is 264 g/mol. The molecule has 0 aliphatic heterocycles. The summed E-state index contributed by atoms with van der Waals surface area (Å²) in [6.45, 7) is 6.09. The van der Waals surface area contributed by atoms with Gasteiger partial charge in [-0.05, 0) is 30.0 Å². The summed E-state index contributed by atoms with van der Waals surface area (Å²) >= 11 is 0. The smallest absolute Gasteiger partial charge is 0.305 e. The first-order chi connectivity index (χ1) is 9.05. The van der Waals surface area contributed by atoms with Gasteiger partial charge >= 0.3 is 5.97 Å². The molecule has 0 heterocycles. The Morgan fingerprint density at radius 3 is 2.63 bits per heavy atom. The molecule has 0 aliphatic rings. The number of carbonyl (C=O) groups excluding carboxylic acids is 1. The van der Waals surface area contributed by atoms with Crippen molar-refractivity contribution in [2.24, 2.45) is 5.92 Å². The standard InChI is InChI=1S/C16H24O3/c1-5-16(17)19-15(9-12(2)3)11-13-7-6-8-14(10-13)18-4/h6-8,10,12,15H,5,9,11H2,1-4H3. The Hall–Kier alpha value is -1.51. The van der Waals surface area contributed by atoms with Crippen LogP contribution in [-0.4, -0.2) is 19.2 Å². The maximum Gasteiger partial charge on any atom is 0.305 e. The van der Waals surface area contributed by atoms with E-state index in [2.05, 4.69) is 13.8 Å². The van der Waals surface area contributed by atoms with Crippen molar-refractivity contribution in [2.45, 2.75) is 46.1 Å². The molecular weight excluding hydrogens is 240 g/mol. The number of benzene rings is 1. The molecule has 1 aromatic carbocycles. The van der Waals surface area contributed by atoms with E-state index in [1.807, 2.05) is 31.2 Å². The van der Waals surface area contributed by atoms with E-state index < -0.39 is 0 Å². The first kappa shape index (κ1) is 15.5. The van der Waals surface area contributed by atoms with Crippen molar-refractivity contribution >= 4 is 5.97 Å². The fraction of sp³-hybridized carbons (Fsp3) is 0.562. The van der Waals surface area contributed by atoms with E-state index >= 15 is 0 Å². The summed E-state index contributed by atoms with van der Waals surface area (Å²) in [6, 6.07) is 7.91. The molecule has 0 aromatic heterocycles. The van der Waals surface area contributed by atoms with Gasteiger partial charge in [0.05, 0.1) is 7.11 Å². The summed E-state index contributed by atoms with van der Waals surface area (Å²) in [6.07, 6.45) is 1.98. The van der Waals surface area contributed by atoms with E-state index in [0.29, 0.717) is 12.3 Å². The Bertz CT molecular complexity index is 399. The fourth-order valence-corrected chi connectivity index (χ4v) is 2.03. The predicted molar refractivity (Wildman–Crippen MR) is 76.3 cm³/mol. The van der Waals surface area contributed by atoms with Gasteiger partial charge in [0, 0.05) is 12.8 Å². The molecular formula is C16H24O3. The number of hydrogen-bond donors (Lipinski definition) is 0. The maximum atomic E-state index is 11.5. The molecule has 0 amide bonds. The lowest BCUT2D eigenvalue weighted by atomic mass is 9.99. The molecule has 19 heavy (non-hydrogen) atoms. The van der Waals surface area contributed by atoms with Crippen molar-refractivity contribution in [1.29, 1.82) is 0 Å². The summed E-state index contributed by atoms with van der Waals surface area (Å²) in [4.78, 5) is 11.5. The van der Waals surface area contributed by atoms with Gasteiger partial charge in [-0.1, -0.05) is 32.9 Å². The molecule has 0 saturated heterocycles. The van der Waals surface area contributed by atoms with Gasteiger partial charge in [0.15, 0.2) is 0 Å². The Labute approximate surface area is 115 Å². The zero-order valence-corrected chi connectivity index (χ0v) is 12.3. The van der Waals surface area contributed by atoms with E-state index in [4.69, 9.17) is 9.47 Å². The fourth-order valence-electron chi connectivity index (χ4n) is 2.03. The summed E-state index contributed by atoms with van der Waals surface area (Å²) in [5.41, 5.74) is 1.13. The first-order valence-electron chi connectivity index (χ1n) is 6.87. The minimum atomic E-state index is -0.131. The van der Waals surface area contributed by atoms with Crippen LogP contribution in [0.5, 0.6) is 5.75 Å². The normalized spacial score (nSPS) is 12.3. The molecule has 1 rings (SSSR count). The molecule has 0 spiro atoms. The zero-order chi connectivity index (χ0) is 14.3. The van der Waals surface area contributed by atoms with Gasteiger partial charge in [-0.25, -0.2) is 0 Å². The summed E-state index contributed by atoms with van der Waals surface area (Å²) in [5, 5.41) is 0. The van der Waals surface area contributed by atoms with Gasteiger partial charge in [0.2, 0.25) is 0 Å². The summed E-state index contributed by atoms with van der Waals surface area (Å²) < 4.78 is 10.7. The van der Waals surface area contributed by atoms with Gasteiger partial charge in [-0.2, -0.15) is 0 Å². The van der Waals surface area contributed by atoms with Crippen LogP contribution in [0.1, 0.15) is 39.2 Å². The molecule has 0 saturated carbocycles. The average Bonchev–Trinajstić information content (AvgIpc) is 2.38. The van der Waals surface area contributed by atoms with Gasteiger partial charge in [-0.15, -0.1) is 0 Å². The van der Waals surface area contributed by atoms with E-state index in [1.54, 1.807) is 7.11 Å². The number of methoxy groups -OCH3 is 1. The lowest BCUT2D eigenvalue weighted by molar-refractivity contribution is -0.149. The molecule has 3 nitrogen and oxygen atoms in total. The molecule has 0 fully saturated rings. The Morgan fingerprint density at radius 1 is 1.32 bits per heavy atom. The zero-order valence-electron chi connectivity index (χ0n) is 12.3. The van der Waals surface area contributed by atoms with Crippen molar-refractivity contribution in [3.05, 3.63) is 29.8 Å². The molecule has 0 radical (unpaired) electrons. The van der Waals surface area contributed by atoms with Crippen molar-refractivity contribution in [3.8, 4) is 5.75 Å². The minimum absolute atomic E-state index is 0.0560. The average molecular weight is 264 g/mol. The third-order valence-corrected chi connectivity index (χ3v) is 2.92. The second-order valence-corrected chi connectivity index (χ2v) is 5.15. The Morgan fingerprint density at radius 2 is 2.05 bits per heavy atom. The van der Waals surface area contributed by atoms with Crippen LogP contribution in [0.3, 0.4) is 0 Å². The number of ether oxygens (including phenoxy) is 2. The molecule has 0 N–H and O–H groups in total. The van der Waals surface area contributed by atoms with E-state index in [-0.39, 0.29) is 12.1 Å². The van der Waals surface area contributed by atoms with Crippen molar-refractivity contribution < 1.29 is 14.3 Å². The second kappa shape index (κ2) is 7.82. The van der Waals surface area contributed by atoms with E-state index in [9.17, 15) is 4.79 Å².